The highest BCUT2D eigenvalue weighted by molar-refractivity contribution is 5.76. The summed E-state index contributed by atoms with van der Waals surface area (Å²) in [6.45, 7) is 8.42. The second-order valence-corrected chi connectivity index (χ2v) is 7.61. The van der Waals surface area contributed by atoms with Crippen LogP contribution in [0.1, 0.15) is 54.9 Å². The van der Waals surface area contributed by atoms with Crippen LogP contribution in [0, 0.1) is 17.3 Å². The maximum absolute atomic E-state index is 13.7. The molecule has 0 aromatic carbocycles. The van der Waals surface area contributed by atoms with Gasteiger partial charge in [0.1, 0.15) is 0 Å². The summed E-state index contributed by atoms with van der Waals surface area (Å²) < 4.78 is 91.2. The van der Waals surface area contributed by atoms with Crippen molar-refractivity contribution >= 4 is 11.9 Å². The molecule has 0 aromatic rings. The number of hydrogen-bond acceptors (Lipinski definition) is 4. The van der Waals surface area contributed by atoms with Crippen molar-refractivity contribution in [3.63, 3.8) is 0 Å². The van der Waals surface area contributed by atoms with Gasteiger partial charge in [0, 0.05) is 0 Å². The van der Waals surface area contributed by atoms with Crippen molar-refractivity contribution in [3.05, 3.63) is 0 Å². The smallest absolute Gasteiger partial charge is 0.441 e. The maximum atomic E-state index is 13.7. The molecule has 0 saturated heterocycles. The highest BCUT2D eigenvalue weighted by Gasteiger charge is 2.79. The third-order valence-corrected chi connectivity index (χ3v) is 4.25. The third kappa shape index (κ3) is 5.28. The molecule has 1 unspecified atom stereocenters. The van der Waals surface area contributed by atoms with E-state index in [1.54, 1.807) is 0 Å². The van der Waals surface area contributed by atoms with Gasteiger partial charge in [0.2, 0.25) is 0 Å². The van der Waals surface area contributed by atoms with Gasteiger partial charge in [-0.05, 0) is 26.2 Å². The zero-order valence-electron chi connectivity index (χ0n) is 16.3. The Hall–Kier alpha value is -1.48. The molecule has 0 heterocycles. The van der Waals surface area contributed by atoms with Crippen LogP contribution in [0.3, 0.4) is 0 Å². The summed E-state index contributed by atoms with van der Waals surface area (Å²) in [5.74, 6) is -5.67. The van der Waals surface area contributed by atoms with Gasteiger partial charge in [-0.3, -0.25) is 9.59 Å². The lowest BCUT2D eigenvalue weighted by Gasteiger charge is -2.43. The first-order chi connectivity index (χ1) is 11.8. The topological polar surface area (TPSA) is 52.6 Å². The van der Waals surface area contributed by atoms with E-state index in [2.05, 4.69) is 4.74 Å². The number of halogens is 6. The molecular formula is C17H26F6O4. The van der Waals surface area contributed by atoms with E-state index < -0.39 is 53.2 Å². The van der Waals surface area contributed by atoms with Crippen LogP contribution < -0.4 is 0 Å². The van der Waals surface area contributed by atoms with E-state index in [4.69, 9.17) is 4.74 Å². The van der Waals surface area contributed by atoms with Crippen molar-refractivity contribution in [1.82, 2.24) is 0 Å². The number of carbonyl (C=O) groups is 2. The van der Waals surface area contributed by atoms with Crippen molar-refractivity contribution < 1.29 is 45.4 Å². The van der Waals surface area contributed by atoms with Gasteiger partial charge in [0.05, 0.1) is 11.3 Å². The first-order valence-corrected chi connectivity index (χ1v) is 8.42. The largest absolute Gasteiger partial charge is 0.457 e. The molecule has 0 saturated carbocycles. The van der Waals surface area contributed by atoms with Gasteiger partial charge in [0.15, 0.2) is 6.10 Å². The quantitative estimate of drug-likeness (QED) is 0.437. The summed E-state index contributed by atoms with van der Waals surface area (Å²) in [5.41, 5.74) is -6.30. The molecule has 0 N–H and O–H groups in total. The van der Waals surface area contributed by atoms with Crippen LogP contribution >= 0.6 is 0 Å². The van der Waals surface area contributed by atoms with Crippen LogP contribution in [0.15, 0.2) is 0 Å². The van der Waals surface area contributed by atoms with Gasteiger partial charge < -0.3 is 9.47 Å². The normalized spacial score (nSPS) is 15.1. The van der Waals surface area contributed by atoms with Crippen LogP contribution in [-0.4, -0.2) is 36.0 Å². The summed E-state index contributed by atoms with van der Waals surface area (Å²) in [7, 11) is 0. The second-order valence-electron chi connectivity index (χ2n) is 7.61. The number of carbonyl (C=O) groups excluding carboxylic acids is 2. The molecule has 4 nitrogen and oxygen atoms in total. The Balaban J connectivity index is 6.56. The predicted molar refractivity (Wildman–Crippen MR) is 84.6 cm³/mol. The van der Waals surface area contributed by atoms with E-state index in [1.165, 1.54) is 20.8 Å². The molecule has 0 fully saturated rings. The van der Waals surface area contributed by atoms with Crippen molar-refractivity contribution in [3.8, 4) is 0 Å². The Labute approximate surface area is 154 Å². The lowest BCUT2D eigenvalue weighted by Crippen LogP contribution is -2.69. The van der Waals surface area contributed by atoms with Crippen LogP contribution in [0.2, 0.25) is 0 Å². The van der Waals surface area contributed by atoms with Crippen molar-refractivity contribution in [2.45, 2.75) is 78.9 Å². The standard InChI is InChI=1S/C17H26F6O4/c1-8-14(6,7)13(25)26-11(9(2)3)15(16(18,19)20,17(21,22)23)27-12(24)10(4)5/h9-11H,8H2,1-7H3. The van der Waals surface area contributed by atoms with E-state index in [-0.39, 0.29) is 6.42 Å². The zero-order chi connectivity index (χ0) is 22.0. The van der Waals surface area contributed by atoms with Crippen LogP contribution in [0.4, 0.5) is 26.3 Å². The van der Waals surface area contributed by atoms with Crippen molar-refractivity contribution in [2.24, 2.45) is 17.3 Å². The second kappa shape index (κ2) is 8.26. The fraction of sp³-hybridized carbons (Fsp3) is 0.882. The molecule has 0 bridgehead atoms. The number of rotatable bonds is 7. The third-order valence-electron chi connectivity index (χ3n) is 4.25. The molecule has 0 spiro atoms. The van der Waals surface area contributed by atoms with Crippen LogP contribution in [0.25, 0.3) is 0 Å². The monoisotopic (exact) mass is 408 g/mol. The lowest BCUT2D eigenvalue weighted by molar-refractivity contribution is -0.396. The molecule has 160 valence electrons. The summed E-state index contributed by atoms with van der Waals surface area (Å²) in [6, 6.07) is 0. The zero-order valence-corrected chi connectivity index (χ0v) is 16.3. The molecule has 0 amide bonds. The first kappa shape index (κ1) is 25.5. The molecule has 1 atom stereocenters. The van der Waals surface area contributed by atoms with E-state index in [0.717, 1.165) is 27.7 Å². The van der Waals surface area contributed by atoms with Gasteiger partial charge in [-0.15, -0.1) is 0 Å². The molecule has 0 radical (unpaired) electrons. The average Bonchev–Trinajstić information content (AvgIpc) is 2.46. The van der Waals surface area contributed by atoms with Gasteiger partial charge in [-0.2, -0.15) is 26.3 Å². The van der Waals surface area contributed by atoms with Crippen molar-refractivity contribution in [1.29, 1.82) is 0 Å². The van der Waals surface area contributed by atoms with Gasteiger partial charge >= 0.3 is 29.9 Å². The number of alkyl halides is 6. The average molecular weight is 408 g/mol. The Morgan fingerprint density at radius 1 is 0.889 bits per heavy atom. The van der Waals surface area contributed by atoms with E-state index in [0.29, 0.717) is 0 Å². The maximum Gasteiger partial charge on any atom is 0.441 e. The number of hydrogen-bond donors (Lipinski definition) is 0. The predicted octanol–water partition coefficient (Wildman–Crippen LogP) is 5.05. The minimum absolute atomic E-state index is 0.119. The molecule has 10 heteroatoms. The SMILES string of the molecule is CCC(C)(C)C(=O)OC(C(C)C)C(OC(=O)C(C)C)(C(F)(F)F)C(F)(F)F. The minimum atomic E-state index is -6.07. The highest BCUT2D eigenvalue weighted by Crippen LogP contribution is 2.51. The van der Waals surface area contributed by atoms with Gasteiger partial charge in [-0.25, -0.2) is 0 Å². The highest BCUT2D eigenvalue weighted by atomic mass is 19.4. The fourth-order valence-electron chi connectivity index (χ4n) is 2.04. The number of esters is 2. The fourth-order valence-corrected chi connectivity index (χ4v) is 2.04. The van der Waals surface area contributed by atoms with Gasteiger partial charge in [-0.1, -0.05) is 34.6 Å². The molecule has 0 aliphatic heterocycles. The minimum Gasteiger partial charge on any atom is -0.457 e. The Morgan fingerprint density at radius 3 is 1.56 bits per heavy atom. The van der Waals surface area contributed by atoms with E-state index >= 15 is 0 Å². The van der Waals surface area contributed by atoms with Crippen molar-refractivity contribution in [2.75, 3.05) is 0 Å². The van der Waals surface area contributed by atoms with Crippen LogP contribution in [0.5, 0.6) is 0 Å². The Morgan fingerprint density at radius 2 is 1.30 bits per heavy atom. The Bertz CT molecular complexity index is 521. The number of ether oxygens (including phenoxy) is 2. The Kier molecular flexibility index (Phi) is 7.81. The molecular weight excluding hydrogens is 382 g/mol. The summed E-state index contributed by atoms with van der Waals surface area (Å²) in [6.07, 6.45) is -14.8. The molecule has 0 aromatic heterocycles. The summed E-state index contributed by atoms with van der Waals surface area (Å²) in [4.78, 5) is 24.0. The van der Waals surface area contributed by atoms with E-state index in [1.807, 2.05) is 0 Å². The molecule has 0 aliphatic rings. The van der Waals surface area contributed by atoms with Gasteiger partial charge in [0.25, 0.3) is 0 Å². The van der Waals surface area contributed by atoms with Crippen LogP contribution in [-0.2, 0) is 19.1 Å². The first-order valence-electron chi connectivity index (χ1n) is 8.42. The lowest BCUT2D eigenvalue weighted by atomic mass is 9.85. The summed E-state index contributed by atoms with van der Waals surface area (Å²) >= 11 is 0. The molecule has 0 rings (SSSR count). The van der Waals surface area contributed by atoms with E-state index in [9.17, 15) is 35.9 Å². The molecule has 27 heavy (non-hydrogen) atoms. The summed E-state index contributed by atoms with van der Waals surface area (Å²) in [5, 5.41) is 0. The molecule has 0 aliphatic carbocycles.